The van der Waals surface area contributed by atoms with Gasteiger partial charge in [0.25, 0.3) is 10.8 Å². The minimum Gasteiger partial charge on any atom is -0.872 e. The number of benzene rings is 1. The van der Waals surface area contributed by atoms with Gasteiger partial charge in [-0.05, 0) is 12.1 Å². The van der Waals surface area contributed by atoms with Crippen LogP contribution in [0.25, 0.3) is 0 Å². The molecular weight excluding hydrogens is 364 g/mol. The molecule has 0 atom stereocenters. The fourth-order valence-corrected chi connectivity index (χ4v) is 1.25. The van der Waals surface area contributed by atoms with Crippen LogP contribution in [0.1, 0.15) is 5.56 Å². The molecule has 0 aliphatic rings. The quantitative estimate of drug-likeness (QED) is 0.193. The molecule has 0 saturated carbocycles. The van der Waals surface area contributed by atoms with Gasteiger partial charge in [-0.15, -0.1) is 16.7 Å². The molecule has 0 unspecified atom stereocenters. The Bertz CT molecular complexity index is 523. The van der Waals surface area contributed by atoms with E-state index in [2.05, 4.69) is 10.3 Å². The van der Waals surface area contributed by atoms with Crippen LogP contribution in [0.2, 0.25) is 0 Å². The summed E-state index contributed by atoms with van der Waals surface area (Å²) < 4.78 is 0. The predicted octanol–water partition coefficient (Wildman–Crippen LogP) is -1.31. The standard InChI is InChI=1S/C11H14N3O4.Cu.HNO3/c15-6-5-12-3-4-13-8-9-7-10(14(17)18)1-2-11(9)16;;2-1(3)4/h1-2,7-8,12,16H,3-6H2;;(H,2,3,4)/q-1;+2;/p-1. The van der Waals surface area contributed by atoms with Gasteiger partial charge in [-0.3, -0.25) is 15.1 Å². The summed E-state index contributed by atoms with van der Waals surface area (Å²) >= 11 is 0. The number of rotatable bonds is 7. The molecule has 1 rings (SSSR count). The van der Waals surface area contributed by atoms with Gasteiger partial charge in [0.2, 0.25) is 0 Å². The zero-order chi connectivity index (χ0) is 17.0. The Kier molecular flexibility index (Phi) is 13.4. The average Bonchev–Trinajstić information content (AvgIpc) is 2.43. The number of non-ortho nitro benzene ring substituents is 1. The zero-order valence-corrected chi connectivity index (χ0v) is 12.6. The molecule has 23 heavy (non-hydrogen) atoms. The summed E-state index contributed by atoms with van der Waals surface area (Å²) in [6, 6.07) is 3.50. The monoisotopic (exact) mass is 377 g/mol. The van der Waals surface area contributed by atoms with Gasteiger partial charge in [-0.1, -0.05) is 11.8 Å². The molecule has 1 aromatic rings. The van der Waals surface area contributed by atoms with E-state index in [0.717, 1.165) is 12.1 Å². The molecule has 0 aliphatic heterocycles. The number of hydrogen-bond acceptors (Lipinski definition) is 8. The van der Waals surface area contributed by atoms with E-state index in [-0.39, 0.29) is 40.7 Å². The Hall–Kier alpha value is -2.27. The first-order chi connectivity index (χ1) is 10.4. The second-order valence-corrected chi connectivity index (χ2v) is 3.71. The fourth-order valence-electron chi connectivity index (χ4n) is 1.25. The van der Waals surface area contributed by atoms with Crippen LogP contribution in [0, 0.1) is 20.2 Å². The molecule has 1 aromatic carbocycles. The van der Waals surface area contributed by atoms with Crippen molar-refractivity contribution in [2.75, 3.05) is 26.2 Å². The topological polar surface area (TPSA) is 177 Å². The van der Waals surface area contributed by atoms with Crippen molar-refractivity contribution in [2.45, 2.75) is 0 Å². The van der Waals surface area contributed by atoms with Gasteiger partial charge in [-0.25, -0.2) is 0 Å². The molecule has 0 amide bonds. The summed E-state index contributed by atoms with van der Waals surface area (Å²) in [7, 11) is 0. The van der Waals surface area contributed by atoms with Crippen LogP contribution < -0.4 is 15.5 Å². The SMILES string of the molecule is O=[N+]([O-])O.O=[N+]([O-])c1ccc([O-])c(C=NCCNCC[O-])c1.[Cu+2]. The third-order valence-electron chi connectivity index (χ3n) is 2.13. The van der Waals surface area contributed by atoms with E-state index in [1.807, 2.05) is 0 Å². The molecule has 0 aromatic heterocycles. The van der Waals surface area contributed by atoms with Crippen LogP contribution in [0.15, 0.2) is 23.2 Å². The van der Waals surface area contributed by atoms with E-state index in [9.17, 15) is 20.3 Å². The molecule has 0 fully saturated rings. The van der Waals surface area contributed by atoms with Crippen molar-refractivity contribution < 1.29 is 42.5 Å². The first kappa shape index (κ1) is 23.0. The zero-order valence-electron chi connectivity index (χ0n) is 11.7. The van der Waals surface area contributed by atoms with Gasteiger partial charge < -0.3 is 20.7 Å². The largest absolute Gasteiger partial charge is 2.00 e. The van der Waals surface area contributed by atoms with Gasteiger partial charge in [0.1, 0.15) is 0 Å². The molecule has 0 aliphatic carbocycles. The van der Waals surface area contributed by atoms with E-state index in [0.29, 0.717) is 19.6 Å². The van der Waals surface area contributed by atoms with Gasteiger partial charge in [0.05, 0.1) is 11.5 Å². The molecule has 1 radical (unpaired) electrons. The summed E-state index contributed by atoms with van der Waals surface area (Å²) in [5, 5.41) is 48.5. The third kappa shape index (κ3) is 12.0. The average molecular weight is 378 g/mol. The fraction of sp³-hybridized carbons (Fsp3) is 0.364. The normalized spacial score (nSPS) is 9.61. The first-order valence-electron chi connectivity index (χ1n) is 5.95. The van der Waals surface area contributed by atoms with E-state index in [1.165, 1.54) is 12.3 Å². The van der Waals surface area contributed by atoms with Gasteiger partial charge >= 0.3 is 17.1 Å². The van der Waals surface area contributed by atoms with E-state index < -0.39 is 10.0 Å². The van der Waals surface area contributed by atoms with Crippen LogP contribution in [-0.4, -0.2) is 47.7 Å². The number of nitro groups is 1. The number of aliphatic imine (C=N–C) groups is 1. The van der Waals surface area contributed by atoms with E-state index in [4.69, 9.17) is 15.3 Å². The summed E-state index contributed by atoms with van der Waals surface area (Å²) in [6.07, 6.45) is 1.31. The first-order valence-corrected chi connectivity index (χ1v) is 5.95. The Morgan fingerprint density at radius 3 is 2.39 bits per heavy atom. The molecule has 12 heteroatoms. The summed E-state index contributed by atoms with van der Waals surface area (Å²) in [5.41, 5.74) is 0.0496. The molecule has 0 heterocycles. The summed E-state index contributed by atoms with van der Waals surface area (Å²) in [6.45, 7) is 1.11. The Labute approximate surface area is 141 Å². The van der Waals surface area contributed by atoms with Crippen molar-refractivity contribution in [3.8, 4) is 5.75 Å². The molecule has 2 N–H and O–H groups in total. The van der Waals surface area contributed by atoms with Crippen molar-refractivity contribution in [2.24, 2.45) is 4.99 Å². The second-order valence-electron chi connectivity index (χ2n) is 3.71. The van der Waals surface area contributed by atoms with Crippen LogP contribution in [-0.2, 0) is 17.1 Å². The van der Waals surface area contributed by atoms with Gasteiger partial charge in [-0.2, -0.15) is 0 Å². The summed E-state index contributed by atoms with van der Waals surface area (Å²) in [4.78, 5) is 22.3. The maximum atomic E-state index is 11.4. The molecule has 131 valence electrons. The smallest absolute Gasteiger partial charge is 0.872 e. The van der Waals surface area contributed by atoms with Gasteiger partial charge in [0, 0.05) is 24.9 Å². The second kappa shape index (κ2) is 13.4. The molecule has 0 saturated heterocycles. The molecular formula is C11H14CuN4O7. The van der Waals surface area contributed by atoms with Crippen LogP contribution in [0.5, 0.6) is 5.75 Å². The minimum atomic E-state index is -1.50. The number of nitrogens with zero attached hydrogens (tertiary/aromatic N) is 3. The Morgan fingerprint density at radius 1 is 1.26 bits per heavy atom. The van der Waals surface area contributed by atoms with Crippen LogP contribution >= 0.6 is 0 Å². The predicted molar refractivity (Wildman–Crippen MR) is 71.5 cm³/mol. The number of nitrogens with one attached hydrogen (secondary N) is 1. The van der Waals surface area contributed by atoms with Crippen molar-refractivity contribution in [3.63, 3.8) is 0 Å². The van der Waals surface area contributed by atoms with Crippen LogP contribution in [0.3, 0.4) is 0 Å². The number of nitro benzene ring substituents is 1. The molecule has 0 bridgehead atoms. The molecule has 0 spiro atoms. The van der Waals surface area contributed by atoms with Crippen LogP contribution in [0.4, 0.5) is 5.69 Å². The van der Waals surface area contributed by atoms with Crippen molar-refractivity contribution in [3.05, 3.63) is 44.0 Å². The van der Waals surface area contributed by atoms with Gasteiger partial charge in [0.15, 0.2) is 0 Å². The maximum absolute atomic E-state index is 11.4. The van der Waals surface area contributed by atoms with E-state index in [1.54, 1.807) is 0 Å². The van der Waals surface area contributed by atoms with E-state index >= 15 is 0 Å². The van der Waals surface area contributed by atoms with Crippen molar-refractivity contribution in [1.29, 1.82) is 0 Å². The number of hydrogen-bond donors (Lipinski definition) is 2. The molecule has 11 nitrogen and oxygen atoms in total. The summed E-state index contributed by atoms with van der Waals surface area (Å²) in [5.74, 6) is -0.308. The minimum absolute atomic E-state index is 0. The van der Waals surface area contributed by atoms with Crippen molar-refractivity contribution >= 4 is 11.9 Å². The maximum Gasteiger partial charge on any atom is 2.00 e. The Morgan fingerprint density at radius 2 is 1.87 bits per heavy atom. The van der Waals surface area contributed by atoms with Crippen molar-refractivity contribution in [1.82, 2.24) is 5.32 Å². The third-order valence-corrected chi connectivity index (χ3v) is 2.13. The Balaban J connectivity index is 0.